The molecule has 0 saturated carbocycles. The van der Waals surface area contributed by atoms with Crippen LogP contribution in [0.3, 0.4) is 0 Å². The van der Waals surface area contributed by atoms with E-state index in [0.29, 0.717) is 25.2 Å². The molecule has 3 heteroatoms. The van der Waals surface area contributed by atoms with Crippen LogP contribution in [0.25, 0.3) is 0 Å². The van der Waals surface area contributed by atoms with E-state index in [0.717, 1.165) is 24.8 Å². The van der Waals surface area contributed by atoms with Crippen LogP contribution < -0.4 is 5.32 Å². The van der Waals surface area contributed by atoms with Crippen LogP contribution in [-0.4, -0.2) is 23.5 Å². The van der Waals surface area contributed by atoms with Crippen LogP contribution in [-0.2, 0) is 4.79 Å². The SMILES string of the molecule is CCCCCC(=O)CCNC(C)C(O)c1ccccc1. The molecular formula is C17H27NO2. The monoisotopic (exact) mass is 277 g/mol. The van der Waals surface area contributed by atoms with Crippen molar-refractivity contribution in [2.45, 2.75) is 58.1 Å². The molecule has 0 aliphatic heterocycles. The molecule has 0 radical (unpaired) electrons. The summed E-state index contributed by atoms with van der Waals surface area (Å²) in [5.74, 6) is 0.312. The Hall–Kier alpha value is -1.19. The number of aliphatic hydroxyl groups excluding tert-OH is 1. The van der Waals surface area contributed by atoms with Gasteiger partial charge in [0.2, 0.25) is 0 Å². The van der Waals surface area contributed by atoms with E-state index in [1.807, 2.05) is 37.3 Å². The molecule has 2 N–H and O–H groups in total. The van der Waals surface area contributed by atoms with Gasteiger partial charge in [-0.1, -0.05) is 50.1 Å². The lowest BCUT2D eigenvalue weighted by Gasteiger charge is -2.20. The third-order valence-electron chi connectivity index (χ3n) is 3.54. The number of carbonyl (C=O) groups is 1. The molecule has 2 unspecified atom stereocenters. The quantitative estimate of drug-likeness (QED) is 0.645. The van der Waals surface area contributed by atoms with E-state index in [1.54, 1.807) is 0 Å². The first-order chi connectivity index (χ1) is 9.65. The molecule has 0 spiro atoms. The minimum absolute atomic E-state index is 0.0548. The fourth-order valence-electron chi connectivity index (χ4n) is 2.19. The number of unbranched alkanes of at least 4 members (excludes halogenated alkanes) is 2. The Morgan fingerprint density at radius 3 is 2.55 bits per heavy atom. The standard InChI is InChI=1S/C17H27NO2/c1-3-4-6-11-16(19)12-13-18-14(2)17(20)15-9-7-5-8-10-15/h5,7-10,14,17-18,20H,3-4,6,11-13H2,1-2H3. The Kier molecular flexibility index (Phi) is 8.16. The highest BCUT2D eigenvalue weighted by atomic mass is 16.3. The first-order valence-corrected chi connectivity index (χ1v) is 7.63. The molecule has 0 amide bonds. The van der Waals surface area contributed by atoms with Gasteiger partial charge in [0, 0.05) is 25.4 Å². The van der Waals surface area contributed by atoms with Gasteiger partial charge in [0.15, 0.2) is 0 Å². The minimum Gasteiger partial charge on any atom is -0.387 e. The van der Waals surface area contributed by atoms with Gasteiger partial charge >= 0.3 is 0 Å². The maximum atomic E-state index is 11.6. The zero-order valence-electron chi connectivity index (χ0n) is 12.6. The van der Waals surface area contributed by atoms with Crippen LogP contribution in [0.2, 0.25) is 0 Å². The lowest BCUT2D eigenvalue weighted by molar-refractivity contribution is -0.119. The normalized spacial score (nSPS) is 13.9. The van der Waals surface area contributed by atoms with Gasteiger partial charge in [0.05, 0.1) is 6.10 Å². The van der Waals surface area contributed by atoms with Crippen LogP contribution in [0.4, 0.5) is 0 Å². The molecule has 0 aromatic heterocycles. The van der Waals surface area contributed by atoms with E-state index >= 15 is 0 Å². The lowest BCUT2D eigenvalue weighted by Crippen LogP contribution is -2.33. The van der Waals surface area contributed by atoms with Gasteiger partial charge in [-0.2, -0.15) is 0 Å². The molecule has 1 rings (SSSR count). The minimum atomic E-state index is -0.536. The average Bonchev–Trinajstić information content (AvgIpc) is 2.47. The molecule has 0 saturated heterocycles. The number of aliphatic hydroxyl groups is 1. The molecule has 0 aliphatic rings. The van der Waals surface area contributed by atoms with E-state index in [1.165, 1.54) is 0 Å². The van der Waals surface area contributed by atoms with Gasteiger partial charge in [0.1, 0.15) is 5.78 Å². The Bertz CT molecular complexity index is 378. The van der Waals surface area contributed by atoms with Crippen molar-refractivity contribution < 1.29 is 9.90 Å². The van der Waals surface area contributed by atoms with E-state index in [-0.39, 0.29) is 6.04 Å². The van der Waals surface area contributed by atoms with Crippen molar-refractivity contribution in [1.82, 2.24) is 5.32 Å². The predicted octanol–water partition coefficient (Wildman–Crippen LogP) is 3.24. The number of rotatable bonds is 10. The Morgan fingerprint density at radius 2 is 1.90 bits per heavy atom. The highest BCUT2D eigenvalue weighted by Crippen LogP contribution is 2.15. The van der Waals surface area contributed by atoms with Crippen molar-refractivity contribution >= 4 is 5.78 Å². The van der Waals surface area contributed by atoms with Crippen LogP contribution >= 0.6 is 0 Å². The molecule has 3 nitrogen and oxygen atoms in total. The Balaban J connectivity index is 2.23. The van der Waals surface area contributed by atoms with Gasteiger partial charge in [-0.3, -0.25) is 4.79 Å². The van der Waals surface area contributed by atoms with E-state index in [9.17, 15) is 9.90 Å². The number of hydrogen-bond donors (Lipinski definition) is 2. The number of hydrogen-bond acceptors (Lipinski definition) is 3. The molecular weight excluding hydrogens is 250 g/mol. The summed E-state index contributed by atoms with van der Waals surface area (Å²) in [5, 5.41) is 13.4. The van der Waals surface area contributed by atoms with Crippen LogP contribution in [0.15, 0.2) is 30.3 Å². The molecule has 0 fully saturated rings. The smallest absolute Gasteiger partial charge is 0.134 e. The largest absolute Gasteiger partial charge is 0.387 e. The summed E-state index contributed by atoms with van der Waals surface area (Å²) in [7, 11) is 0. The highest BCUT2D eigenvalue weighted by Gasteiger charge is 2.15. The summed E-state index contributed by atoms with van der Waals surface area (Å²) >= 11 is 0. The first-order valence-electron chi connectivity index (χ1n) is 7.63. The summed E-state index contributed by atoms with van der Waals surface area (Å²) < 4.78 is 0. The van der Waals surface area contributed by atoms with E-state index < -0.39 is 6.10 Å². The number of ketones is 1. The third kappa shape index (κ3) is 6.31. The molecule has 0 aliphatic carbocycles. The zero-order chi connectivity index (χ0) is 14.8. The summed E-state index contributed by atoms with van der Waals surface area (Å²) in [6.45, 7) is 4.72. The van der Waals surface area contributed by atoms with Gasteiger partial charge < -0.3 is 10.4 Å². The highest BCUT2D eigenvalue weighted by molar-refractivity contribution is 5.78. The van der Waals surface area contributed by atoms with Gasteiger partial charge in [-0.25, -0.2) is 0 Å². The van der Waals surface area contributed by atoms with Crippen LogP contribution in [0.1, 0.15) is 57.6 Å². The third-order valence-corrected chi connectivity index (χ3v) is 3.54. The molecule has 0 bridgehead atoms. The topological polar surface area (TPSA) is 49.3 Å². The summed E-state index contributed by atoms with van der Waals surface area (Å²) in [5.41, 5.74) is 0.904. The lowest BCUT2D eigenvalue weighted by atomic mass is 10.0. The number of nitrogens with one attached hydrogen (secondary N) is 1. The van der Waals surface area contributed by atoms with Gasteiger partial charge in [0.25, 0.3) is 0 Å². The Labute approximate surface area is 122 Å². The van der Waals surface area contributed by atoms with Crippen molar-refractivity contribution in [3.63, 3.8) is 0 Å². The van der Waals surface area contributed by atoms with Crippen molar-refractivity contribution in [1.29, 1.82) is 0 Å². The van der Waals surface area contributed by atoms with Gasteiger partial charge in [-0.15, -0.1) is 0 Å². The van der Waals surface area contributed by atoms with Crippen molar-refractivity contribution in [3.8, 4) is 0 Å². The second kappa shape index (κ2) is 9.67. The van der Waals surface area contributed by atoms with Gasteiger partial charge in [-0.05, 0) is 18.9 Å². The summed E-state index contributed by atoms with van der Waals surface area (Å²) in [6, 6.07) is 9.55. The molecule has 112 valence electrons. The van der Waals surface area contributed by atoms with Crippen LogP contribution in [0.5, 0.6) is 0 Å². The maximum Gasteiger partial charge on any atom is 0.134 e. The van der Waals surface area contributed by atoms with Crippen molar-refractivity contribution in [2.24, 2.45) is 0 Å². The second-order valence-electron chi connectivity index (χ2n) is 5.34. The maximum absolute atomic E-state index is 11.6. The van der Waals surface area contributed by atoms with E-state index in [4.69, 9.17) is 0 Å². The van der Waals surface area contributed by atoms with E-state index in [2.05, 4.69) is 12.2 Å². The second-order valence-corrected chi connectivity index (χ2v) is 5.34. The molecule has 1 aromatic carbocycles. The fourth-order valence-corrected chi connectivity index (χ4v) is 2.19. The van der Waals surface area contributed by atoms with Crippen molar-refractivity contribution in [2.75, 3.05) is 6.54 Å². The molecule has 0 heterocycles. The zero-order valence-corrected chi connectivity index (χ0v) is 12.6. The fraction of sp³-hybridized carbons (Fsp3) is 0.588. The van der Waals surface area contributed by atoms with Crippen molar-refractivity contribution in [3.05, 3.63) is 35.9 Å². The number of Topliss-reactive ketones (excluding diaryl/α,β-unsaturated/α-hetero) is 1. The van der Waals surface area contributed by atoms with Crippen LogP contribution in [0, 0.1) is 0 Å². The summed E-state index contributed by atoms with van der Waals surface area (Å²) in [4.78, 5) is 11.6. The Morgan fingerprint density at radius 1 is 1.20 bits per heavy atom. The first kappa shape index (κ1) is 16.9. The molecule has 20 heavy (non-hydrogen) atoms. The average molecular weight is 277 g/mol. The summed E-state index contributed by atoms with van der Waals surface area (Å²) in [6.07, 6.45) is 3.97. The predicted molar refractivity (Wildman–Crippen MR) is 82.6 cm³/mol. The molecule has 2 atom stereocenters. The number of carbonyl (C=O) groups excluding carboxylic acids is 1. The molecule has 1 aromatic rings. The number of benzene rings is 1.